The SMILES string of the molecule is Cn1cc(Cl)cc1C(=O)N1Cc2ccccc2C[C@H]1C(=O)O. The monoisotopic (exact) mass is 318 g/mol. The summed E-state index contributed by atoms with van der Waals surface area (Å²) in [4.78, 5) is 25.7. The Morgan fingerprint density at radius 2 is 1.95 bits per heavy atom. The number of carboxylic acids is 1. The van der Waals surface area contributed by atoms with E-state index in [0.717, 1.165) is 11.1 Å². The number of benzene rings is 1. The summed E-state index contributed by atoms with van der Waals surface area (Å²) in [6, 6.07) is 8.30. The molecule has 0 fully saturated rings. The van der Waals surface area contributed by atoms with E-state index in [1.807, 2.05) is 24.3 Å². The first-order valence-corrected chi connectivity index (χ1v) is 7.27. The van der Waals surface area contributed by atoms with Crippen molar-refractivity contribution < 1.29 is 14.7 Å². The molecule has 2 aromatic rings. The van der Waals surface area contributed by atoms with E-state index in [4.69, 9.17) is 11.6 Å². The highest BCUT2D eigenvalue weighted by atomic mass is 35.5. The second kappa shape index (κ2) is 5.50. The molecule has 1 aromatic carbocycles. The molecule has 1 aliphatic heterocycles. The van der Waals surface area contributed by atoms with Crippen LogP contribution < -0.4 is 0 Å². The Morgan fingerprint density at radius 1 is 1.27 bits per heavy atom. The molecular formula is C16H15ClN2O3. The van der Waals surface area contributed by atoms with Crippen LogP contribution >= 0.6 is 11.6 Å². The van der Waals surface area contributed by atoms with Crippen LogP contribution in [0.3, 0.4) is 0 Å². The third kappa shape index (κ3) is 2.48. The minimum atomic E-state index is -0.997. The fourth-order valence-corrected chi connectivity index (χ4v) is 3.09. The van der Waals surface area contributed by atoms with Crippen molar-refractivity contribution in [2.75, 3.05) is 0 Å². The van der Waals surface area contributed by atoms with Gasteiger partial charge in [0.25, 0.3) is 5.91 Å². The van der Waals surface area contributed by atoms with Gasteiger partial charge in [0.1, 0.15) is 11.7 Å². The van der Waals surface area contributed by atoms with Crippen LogP contribution in [-0.2, 0) is 24.8 Å². The largest absolute Gasteiger partial charge is 0.480 e. The first-order chi connectivity index (χ1) is 10.5. The maximum Gasteiger partial charge on any atom is 0.326 e. The van der Waals surface area contributed by atoms with Crippen LogP contribution in [0.25, 0.3) is 0 Å². The van der Waals surface area contributed by atoms with E-state index >= 15 is 0 Å². The lowest BCUT2D eigenvalue weighted by molar-refractivity contribution is -0.142. The number of rotatable bonds is 2. The lowest BCUT2D eigenvalue weighted by Gasteiger charge is -2.34. The summed E-state index contributed by atoms with van der Waals surface area (Å²) < 4.78 is 1.62. The van der Waals surface area contributed by atoms with Crippen LogP contribution in [0.2, 0.25) is 5.02 Å². The zero-order valence-corrected chi connectivity index (χ0v) is 12.7. The van der Waals surface area contributed by atoms with Gasteiger partial charge in [-0.15, -0.1) is 0 Å². The third-order valence-corrected chi connectivity index (χ3v) is 4.19. The van der Waals surface area contributed by atoms with Gasteiger partial charge in [-0.3, -0.25) is 4.79 Å². The smallest absolute Gasteiger partial charge is 0.326 e. The molecule has 1 aliphatic rings. The number of nitrogens with zero attached hydrogens (tertiary/aromatic N) is 2. The molecule has 1 amide bonds. The third-order valence-electron chi connectivity index (χ3n) is 3.99. The highest BCUT2D eigenvalue weighted by Gasteiger charge is 2.35. The fourth-order valence-electron chi connectivity index (χ4n) is 2.84. The Hall–Kier alpha value is -2.27. The normalized spacial score (nSPS) is 17.2. The van der Waals surface area contributed by atoms with Crippen LogP contribution in [0.15, 0.2) is 36.5 Å². The maximum absolute atomic E-state index is 12.7. The Balaban J connectivity index is 1.99. The predicted octanol–water partition coefficient (Wildman–Crippen LogP) is 2.33. The molecule has 0 unspecified atom stereocenters. The molecule has 1 aromatic heterocycles. The Labute approximate surface area is 132 Å². The summed E-state index contributed by atoms with van der Waals surface area (Å²) in [7, 11) is 1.72. The zero-order chi connectivity index (χ0) is 15.9. The number of carbonyl (C=O) groups excluding carboxylic acids is 1. The van der Waals surface area contributed by atoms with E-state index in [1.165, 1.54) is 4.90 Å². The fraction of sp³-hybridized carbons (Fsp3) is 0.250. The number of carboxylic acid groups (broad SMARTS) is 1. The lowest BCUT2D eigenvalue weighted by atomic mass is 9.93. The van der Waals surface area contributed by atoms with Gasteiger partial charge in [0, 0.05) is 26.2 Å². The molecule has 0 saturated carbocycles. The highest BCUT2D eigenvalue weighted by Crippen LogP contribution is 2.26. The predicted molar refractivity (Wildman–Crippen MR) is 81.9 cm³/mol. The van der Waals surface area contributed by atoms with E-state index in [2.05, 4.69) is 0 Å². The molecule has 1 N–H and O–H groups in total. The second-order valence-electron chi connectivity index (χ2n) is 5.41. The Kier molecular flexibility index (Phi) is 3.66. The molecular weight excluding hydrogens is 304 g/mol. The van der Waals surface area contributed by atoms with Gasteiger partial charge in [-0.25, -0.2) is 4.79 Å². The number of halogens is 1. The van der Waals surface area contributed by atoms with Gasteiger partial charge in [0.05, 0.1) is 5.02 Å². The number of fused-ring (bicyclic) bond motifs is 1. The first-order valence-electron chi connectivity index (χ1n) is 6.90. The number of aliphatic carboxylic acids is 1. The maximum atomic E-state index is 12.7. The number of carbonyl (C=O) groups is 2. The molecule has 0 spiro atoms. The minimum absolute atomic E-state index is 0.286. The Bertz CT molecular complexity index is 754. The average Bonchev–Trinajstić information content (AvgIpc) is 2.83. The van der Waals surface area contributed by atoms with Gasteiger partial charge in [0.15, 0.2) is 0 Å². The van der Waals surface area contributed by atoms with E-state index in [-0.39, 0.29) is 12.5 Å². The van der Waals surface area contributed by atoms with Gasteiger partial charge in [-0.2, -0.15) is 0 Å². The topological polar surface area (TPSA) is 62.5 Å². The van der Waals surface area contributed by atoms with E-state index in [1.54, 1.807) is 23.9 Å². The highest BCUT2D eigenvalue weighted by molar-refractivity contribution is 6.31. The van der Waals surface area contributed by atoms with Crippen molar-refractivity contribution in [2.45, 2.75) is 19.0 Å². The van der Waals surface area contributed by atoms with Crippen molar-refractivity contribution >= 4 is 23.5 Å². The average molecular weight is 319 g/mol. The van der Waals surface area contributed by atoms with Crippen LogP contribution in [0.4, 0.5) is 0 Å². The van der Waals surface area contributed by atoms with Crippen molar-refractivity contribution in [1.82, 2.24) is 9.47 Å². The summed E-state index contributed by atoms with van der Waals surface area (Å²) >= 11 is 5.92. The molecule has 22 heavy (non-hydrogen) atoms. The number of hydrogen-bond donors (Lipinski definition) is 1. The second-order valence-corrected chi connectivity index (χ2v) is 5.85. The minimum Gasteiger partial charge on any atom is -0.480 e. The summed E-state index contributed by atoms with van der Waals surface area (Å²) in [5, 5.41) is 9.93. The molecule has 1 atom stereocenters. The molecule has 3 rings (SSSR count). The van der Waals surface area contributed by atoms with Crippen LogP contribution in [0.1, 0.15) is 21.6 Å². The molecule has 2 heterocycles. The van der Waals surface area contributed by atoms with Gasteiger partial charge >= 0.3 is 5.97 Å². The summed E-state index contributed by atoms with van der Waals surface area (Å²) in [5.74, 6) is -1.32. The zero-order valence-electron chi connectivity index (χ0n) is 12.0. The number of amides is 1. The number of hydrogen-bond acceptors (Lipinski definition) is 2. The van der Waals surface area contributed by atoms with Gasteiger partial charge in [-0.05, 0) is 17.2 Å². The molecule has 0 saturated heterocycles. The standard InChI is InChI=1S/C16H15ClN2O3/c1-18-9-12(17)7-13(18)15(20)19-8-11-5-3-2-4-10(11)6-14(19)16(21)22/h2-5,7,9,14H,6,8H2,1H3,(H,21,22)/t14-/m0/s1. The molecule has 114 valence electrons. The molecule has 5 nitrogen and oxygen atoms in total. The molecule has 0 bridgehead atoms. The van der Waals surface area contributed by atoms with Crippen molar-refractivity contribution in [1.29, 1.82) is 0 Å². The van der Waals surface area contributed by atoms with E-state index in [9.17, 15) is 14.7 Å². The summed E-state index contributed by atoms with van der Waals surface area (Å²) in [6.07, 6.45) is 1.94. The Morgan fingerprint density at radius 3 is 2.55 bits per heavy atom. The van der Waals surface area contributed by atoms with Crippen molar-refractivity contribution in [2.24, 2.45) is 7.05 Å². The van der Waals surface area contributed by atoms with E-state index in [0.29, 0.717) is 17.1 Å². The van der Waals surface area contributed by atoms with Crippen LogP contribution in [0.5, 0.6) is 0 Å². The number of aryl methyl sites for hydroxylation is 1. The quantitative estimate of drug-likeness (QED) is 0.924. The van der Waals surface area contributed by atoms with Crippen LogP contribution in [-0.4, -0.2) is 32.5 Å². The number of aromatic nitrogens is 1. The molecule has 0 radical (unpaired) electrons. The molecule has 6 heteroatoms. The first kappa shape index (κ1) is 14.7. The van der Waals surface area contributed by atoms with Crippen molar-refractivity contribution in [3.63, 3.8) is 0 Å². The van der Waals surface area contributed by atoms with Gasteiger partial charge in [0.2, 0.25) is 0 Å². The summed E-state index contributed by atoms with van der Waals surface area (Å²) in [5.41, 5.74) is 2.34. The van der Waals surface area contributed by atoms with E-state index < -0.39 is 12.0 Å². The summed E-state index contributed by atoms with van der Waals surface area (Å²) in [6.45, 7) is 0.286. The van der Waals surface area contributed by atoms with Gasteiger partial charge in [-0.1, -0.05) is 35.9 Å². The van der Waals surface area contributed by atoms with Crippen molar-refractivity contribution in [3.05, 3.63) is 58.4 Å². The molecule has 0 aliphatic carbocycles. The van der Waals surface area contributed by atoms with Crippen molar-refractivity contribution in [3.8, 4) is 0 Å². The van der Waals surface area contributed by atoms with Crippen LogP contribution in [0, 0.1) is 0 Å². The lowest BCUT2D eigenvalue weighted by Crippen LogP contribution is -2.49. The van der Waals surface area contributed by atoms with Gasteiger partial charge < -0.3 is 14.6 Å².